The summed E-state index contributed by atoms with van der Waals surface area (Å²) in [5, 5.41) is 30.7. The van der Waals surface area contributed by atoms with Crippen molar-refractivity contribution in [1.29, 1.82) is 0 Å². The van der Waals surface area contributed by atoms with E-state index in [1.165, 1.54) is 17.2 Å². The number of amides is 1. The van der Waals surface area contributed by atoms with Crippen LogP contribution in [0.5, 0.6) is 0 Å². The quantitative estimate of drug-likeness (QED) is 0.172. The largest absolute Gasteiger partial charge is 0.480 e. The van der Waals surface area contributed by atoms with Gasteiger partial charge in [-0.15, -0.1) is 0 Å². The molecule has 1 saturated heterocycles. The Labute approximate surface area is 217 Å². The van der Waals surface area contributed by atoms with Gasteiger partial charge in [0.2, 0.25) is 5.91 Å². The number of imidazole rings is 1. The summed E-state index contributed by atoms with van der Waals surface area (Å²) in [6.07, 6.45) is -1.66. The molecule has 3 heterocycles. The lowest BCUT2D eigenvalue weighted by molar-refractivity contribution is -0.138. The number of aromatic nitrogens is 4. The summed E-state index contributed by atoms with van der Waals surface area (Å²) in [6, 6.07) is 5.44. The molecule has 1 aliphatic rings. The summed E-state index contributed by atoms with van der Waals surface area (Å²) in [7, 11) is 0. The number of carbonyl (C=O) groups is 2. The lowest BCUT2D eigenvalue weighted by Gasteiger charge is -2.25. The number of hydrogen-bond acceptors (Lipinski definition) is 11. The SMILES string of the molecule is NC(=O)c1cccc(C#CCN(CC[C@H](N)C(=O)O)C[C@H]2O[C@@H](n3cnc4c(N)ncnc43)[C@@H](O)C2O)c1. The Hall–Kier alpha value is -4.13. The highest BCUT2D eigenvalue weighted by Gasteiger charge is 2.44. The number of primary amides is 1. The van der Waals surface area contributed by atoms with E-state index in [1.807, 2.05) is 0 Å². The number of carboxylic acids is 1. The number of hydrogen-bond donors (Lipinski definition) is 6. The van der Waals surface area contributed by atoms with Crippen LogP contribution in [0.1, 0.15) is 28.6 Å². The lowest BCUT2D eigenvalue weighted by atomic mass is 10.1. The van der Waals surface area contributed by atoms with Crippen molar-refractivity contribution >= 4 is 28.9 Å². The summed E-state index contributed by atoms with van der Waals surface area (Å²) < 4.78 is 7.47. The highest BCUT2D eigenvalue weighted by Crippen LogP contribution is 2.32. The number of benzene rings is 1. The average molecular weight is 525 g/mol. The first-order valence-corrected chi connectivity index (χ1v) is 11.7. The first-order chi connectivity index (χ1) is 18.2. The second-order valence-corrected chi connectivity index (χ2v) is 8.84. The Kier molecular flexibility index (Phi) is 8.15. The van der Waals surface area contributed by atoms with Crippen molar-refractivity contribution in [1.82, 2.24) is 24.4 Å². The number of aliphatic hydroxyl groups excluding tert-OH is 2. The molecule has 1 unspecified atom stereocenters. The Morgan fingerprint density at radius 1 is 1.21 bits per heavy atom. The topological polar surface area (TPSA) is 229 Å². The van der Waals surface area contributed by atoms with Crippen LogP contribution in [0.25, 0.3) is 11.2 Å². The van der Waals surface area contributed by atoms with Crippen molar-refractivity contribution in [3.05, 3.63) is 48.0 Å². The van der Waals surface area contributed by atoms with Crippen molar-refractivity contribution in [3.8, 4) is 11.8 Å². The van der Waals surface area contributed by atoms with E-state index < -0.39 is 42.5 Å². The number of nitrogens with two attached hydrogens (primary N) is 3. The van der Waals surface area contributed by atoms with Gasteiger partial charge in [0.1, 0.15) is 36.2 Å². The number of carboxylic acid groups (broad SMARTS) is 1. The molecule has 1 amide bonds. The maximum Gasteiger partial charge on any atom is 0.320 e. The number of fused-ring (bicyclic) bond motifs is 1. The summed E-state index contributed by atoms with van der Waals surface area (Å²) in [4.78, 5) is 36.6. The van der Waals surface area contributed by atoms with Gasteiger partial charge in [0.25, 0.3) is 0 Å². The van der Waals surface area contributed by atoms with Gasteiger partial charge < -0.3 is 37.3 Å². The fourth-order valence-corrected chi connectivity index (χ4v) is 4.10. The van der Waals surface area contributed by atoms with Gasteiger partial charge in [-0.1, -0.05) is 17.9 Å². The second-order valence-electron chi connectivity index (χ2n) is 8.84. The zero-order chi connectivity index (χ0) is 27.4. The van der Waals surface area contributed by atoms with Crippen molar-refractivity contribution < 1.29 is 29.6 Å². The summed E-state index contributed by atoms with van der Waals surface area (Å²) in [6.45, 7) is 0.508. The lowest BCUT2D eigenvalue weighted by Crippen LogP contribution is -2.42. The van der Waals surface area contributed by atoms with Crippen LogP contribution in [0, 0.1) is 11.8 Å². The number of ether oxygens (including phenoxy) is 1. The molecule has 14 heteroatoms. The number of rotatable bonds is 9. The third-order valence-electron chi connectivity index (χ3n) is 6.19. The van der Waals surface area contributed by atoms with Crippen LogP contribution in [-0.4, -0.2) is 95.6 Å². The van der Waals surface area contributed by atoms with Gasteiger partial charge in [-0.3, -0.25) is 19.1 Å². The first kappa shape index (κ1) is 26.9. The molecule has 3 aromatic rings. The van der Waals surface area contributed by atoms with E-state index in [2.05, 4.69) is 26.8 Å². The molecule has 38 heavy (non-hydrogen) atoms. The van der Waals surface area contributed by atoms with E-state index in [0.717, 1.165) is 0 Å². The van der Waals surface area contributed by atoms with Crippen molar-refractivity contribution in [2.45, 2.75) is 37.0 Å². The molecule has 4 rings (SSSR count). The van der Waals surface area contributed by atoms with Crippen molar-refractivity contribution in [3.63, 3.8) is 0 Å². The Bertz CT molecular complexity index is 1380. The number of nitrogen functional groups attached to an aromatic ring is 1. The summed E-state index contributed by atoms with van der Waals surface area (Å²) in [5.74, 6) is 4.38. The van der Waals surface area contributed by atoms with Crippen LogP contribution in [0.15, 0.2) is 36.9 Å². The fraction of sp³-hybridized carbons (Fsp3) is 0.375. The number of carbonyl (C=O) groups excluding carboxylic acids is 1. The number of anilines is 1. The van der Waals surface area contributed by atoms with Crippen LogP contribution >= 0.6 is 0 Å². The zero-order valence-corrected chi connectivity index (χ0v) is 20.2. The molecule has 0 radical (unpaired) electrons. The standard InChI is InChI=1S/C24H28N8O6/c25-15(24(36)37)6-8-31(7-2-4-13-3-1-5-14(9-13)21(27)35)10-16-18(33)19(34)23(38-16)32-12-30-17-20(26)28-11-29-22(17)32/h1,3,5,9,11-12,15-16,18-19,23,33-34H,6-8,10,25H2,(H2,27,35)(H,36,37)(H2,26,28,29)/t15-,16+,18?,19-,23+/m0/s1. The van der Waals surface area contributed by atoms with E-state index in [-0.39, 0.29) is 31.9 Å². The molecule has 2 aromatic heterocycles. The molecule has 200 valence electrons. The molecule has 14 nitrogen and oxygen atoms in total. The minimum Gasteiger partial charge on any atom is -0.480 e. The zero-order valence-electron chi connectivity index (χ0n) is 20.2. The molecule has 9 N–H and O–H groups in total. The normalized spacial score (nSPS) is 21.8. The van der Waals surface area contributed by atoms with Gasteiger partial charge >= 0.3 is 5.97 Å². The van der Waals surface area contributed by atoms with Crippen molar-refractivity contribution in [2.24, 2.45) is 11.5 Å². The highest BCUT2D eigenvalue weighted by atomic mass is 16.6. The molecule has 0 saturated carbocycles. The van der Waals surface area contributed by atoms with Gasteiger partial charge in [0, 0.05) is 24.2 Å². The minimum atomic E-state index is -1.31. The highest BCUT2D eigenvalue weighted by molar-refractivity contribution is 5.93. The van der Waals surface area contributed by atoms with Gasteiger partial charge in [0.05, 0.1) is 12.9 Å². The first-order valence-electron chi connectivity index (χ1n) is 11.7. The van der Waals surface area contributed by atoms with Crippen LogP contribution in [0.3, 0.4) is 0 Å². The van der Waals surface area contributed by atoms with E-state index in [1.54, 1.807) is 29.2 Å². The van der Waals surface area contributed by atoms with Crippen LogP contribution < -0.4 is 17.2 Å². The Morgan fingerprint density at radius 3 is 2.74 bits per heavy atom. The fourth-order valence-electron chi connectivity index (χ4n) is 4.10. The smallest absolute Gasteiger partial charge is 0.320 e. The molecular formula is C24H28N8O6. The molecule has 0 aliphatic carbocycles. The van der Waals surface area contributed by atoms with E-state index >= 15 is 0 Å². The molecular weight excluding hydrogens is 496 g/mol. The average Bonchev–Trinajstić information content (AvgIpc) is 3.44. The molecule has 0 spiro atoms. The maximum atomic E-state index is 11.4. The molecule has 1 aliphatic heterocycles. The van der Waals surface area contributed by atoms with Crippen LogP contribution in [0.2, 0.25) is 0 Å². The van der Waals surface area contributed by atoms with E-state index in [9.17, 15) is 19.8 Å². The predicted molar refractivity (Wildman–Crippen MR) is 134 cm³/mol. The third-order valence-corrected chi connectivity index (χ3v) is 6.19. The Balaban J connectivity index is 1.50. The van der Waals surface area contributed by atoms with Crippen LogP contribution in [0.4, 0.5) is 5.82 Å². The Morgan fingerprint density at radius 2 is 2.00 bits per heavy atom. The minimum absolute atomic E-state index is 0.112. The van der Waals surface area contributed by atoms with E-state index in [0.29, 0.717) is 22.3 Å². The van der Waals surface area contributed by atoms with Gasteiger partial charge in [-0.05, 0) is 24.6 Å². The second kappa shape index (κ2) is 11.5. The number of nitrogens with zero attached hydrogens (tertiary/aromatic N) is 5. The molecule has 0 bridgehead atoms. The molecule has 1 fully saturated rings. The predicted octanol–water partition coefficient (Wildman–Crippen LogP) is -1.72. The number of aliphatic hydroxyl groups is 2. The van der Waals surface area contributed by atoms with Gasteiger partial charge in [0.15, 0.2) is 17.7 Å². The van der Waals surface area contributed by atoms with E-state index in [4.69, 9.17) is 27.0 Å². The number of aliphatic carboxylic acids is 1. The molecule has 5 atom stereocenters. The van der Waals surface area contributed by atoms with Gasteiger partial charge in [-0.2, -0.15) is 0 Å². The maximum absolute atomic E-state index is 11.4. The molecule has 1 aromatic carbocycles. The monoisotopic (exact) mass is 524 g/mol. The summed E-state index contributed by atoms with van der Waals surface area (Å²) >= 11 is 0. The van der Waals surface area contributed by atoms with Crippen molar-refractivity contribution in [2.75, 3.05) is 25.4 Å². The van der Waals surface area contributed by atoms with Gasteiger partial charge in [-0.25, -0.2) is 15.0 Å². The van der Waals surface area contributed by atoms with Crippen LogP contribution in [-0.2, 0) is 9.53 Å². The third kappa shape index (κ3) is 5.88. The summed E-state index contributed by atoms with van der Waals surface area (Å²) in [5.41, 5.74) is 18.4.